The van der Waals surface area contributed by atoms with E-state index in [1.54, 1.807) is 19.9 Å². The topological polar surface area (TPSA) is 0 Å². The van der Waals surface area contributed by atoms with Crippen molar-refractivity contribution in [2.75, 3.05) is 0 Å². The van der Waals surface area contributed by atoms with Crippen molar-refractivity contribution in [3.05, 3.63) is 36.2 Å². The first kappa shape index (κ1) is 12.8. The van der Waals surface area contributed by atoms with Crippen LogP contribution >= 0.6 is 0 Å². The van der Waals surface area contributed by atoms with Crippen molar-refractivity contribution >= 4 is 0 Å². The summed E-state index contributed by atoms with van der Waals surface area (Å²) in [4.78, 5) is 0. The highest BCUT2D eigenvalue weighted by atomic mass is 19.1. The predicted octanol–water partition coefficient (Wildman–Crippen LogP) is 4.02. The van der Waals surface area contributed by atoms with E-state index in [1.165, 1.54) is 12.2 Å². The van der Waals surface area contributed by atoms with Crippen LogP contribution in [0.25, 0.3) is 0 Å². The van der Waals surface area contributed by atoms with E-state index in [4.69, 9.17) is 0 Å². The fourth-order valence-corrected chi connectivity index (χ4v) is 0.360. The highest BCUT2D eigenvalue weighted by molar-refractivity contribution is 5.22. The van der Waals surface area contributed by atoms with Crippen LogP contribution in [0.2, 0.25) is 0 Å². The van der Waals surface area contributed by atoms with Crippen LogP contribution in [-0.2, 0) is 0 Å². The third-order valence-electron chi connectivity index (χ3n) is 0.963. The van der Waals surface area contributed by atoms with Gasteiger partial charge < -0.3 is 0 Å². The van der Waals surface area contributed by atoms with Gasteiger partial charge in [-0.05, 0) is 25.5 Å². The Morgan fingerprint density at radius 3 is 2.09 bits per heavy atom. The molecule has 0 rings (SSSR count). The minimum atomic E-state index is -0.215. The van der Waals surface area contributed by atoms with E-state index in [1.807, 2.05) is 13.8 Å². The molecular weight excluding hydrogens is 139 g/mol. The maximum Gasteiger partial charge on any atom is 0.119 e. The third-order valence-corrected chi connectivity index (χ3v) is 0.963. The van der Waals surface area contributed by atoms with Gasteiger partial charge in [-0.3, -0.25) is 0 Å². The molecule has 0 atom stereocenters. The van der Waals surface area contributed by atoms with Gasteiger partial charge in [0.05, 0.1) is 0 Å². The molecule has 0 unspecified atom stereocenters. The van der Waals surface area contributed by atoms with Crippen molar-refractivity contribution in [3.8, 4) is 0 Å². The second-order valence-corrected chi connectivity index (χ2v) is 1.77. The Labute approximate surface area is 69.1 Å². The molecule has 0 aromatic heterocycles. The van der Waals surface area contributed by atoms with Crippen LogP contribution in [0, 0.1) is 0 Å². The van der Waals surface area contributed by atoms with Crippen LogP contribution in [0.4, 0.5) is 4.39 Å². The fourth-order valence-electron chi connectivity index (χ4n) is 0.360. The van der Waals surface area contributed by atoms with Crippen molar-refractivity contribution in [2.24, 2.45) is 0 Å². The molecule has 0 heterocycles. The Hall–Kier alpha value is -0.850. The third kappa shape index (κ3) is 9.15. The van der Waals surface area contributed by atoms with Gasteiger partial charge in [0.2, 0.25) is 0 Å². The van der Waals surface area contributed by atoms with E-state index in [-0.39, 0.29) is 5.83 Å². The van der Waals surface area contributed by atoms with Crippen molar-refractivity contribution in [3.63, 3.8) is 0 Å². The molecular formula is C10H17F. The Morgan fingerprint density at radius 2 is 1.82 bits per heavy atom. The van der Waals surface area contributed by atoms with Gasteiger partial charge in [0.1, 0.15) is 5.83 Å². The highest BCUT2D eigenvalue weighted by Gasteiger charge is 1.84. The molecule has 0 amide bonds. The maximum atomic E-state index is 12.3. The number of hydrogen-bond donors (Lipinski definition) is 0. The van der Waals surface area contributed by atoms with E-state index in [0.717, 1.165) is 5.57 Å². The molecule has 11 heavy (non-hydrogen) atoms. The predicted molar refractivity (Wildman–Crippen MR) is 50.2 cm³/mol. The molecule has 64 valence electrons. The molecule has 0 saturated heterocycles. The molecule has 0 fully saturated rings. The SMILES string of the molecule is C=C/C(C)=C\C(F)=C/C.CC. The van der Waals surface area contributed by atoms with Gasteiger partial charge >= 0.3 is 0 Å². The molecule has 0 saturated carbocycles. The summed E-state index contributed by atoms with van der Waals surface area (Å²) >= 11 is 0. The van der Waals surface area contributed by atoms with Crippen LogP contribution < -0.4 is 0 Å². The van der Waals surface area contributed by atoms with Crippen LogP contribution in [0.1, 0.15) is 27.7 Å². The average molecular weight is 156 g/mol. The van der Waals surface area contributed by atoms with Crippen LogP contribution in [0.15, 0.2) is 36.2 Å². The maximum absolute atomic E-state index is 12.3. The number of rotatable bonds is 2. The van der Waals surface area contributed by atoms with Gasteiger partial charge in [0.15, 0.2) is 0 Å². The first-order valence-electron chi connectivity index (χ1n) is 3.83. The Bertz CT molecular complexity index is 152. The highest BCUT2D eigenvalue weighted by Crippen LogP contribution is 2.02. The summed E-state index contributed by atoms with van der Waals surface area (Å²) in [5.41, 5.74) is 0.839. The zero-order valence-corrected chi connectivity index (χ0v) is 7.82. The minimum Gasteiger partial charge on any atom is -0.207 e. The zero-order chi connectivity index (χ0) is 9.28. The summed E-state index contributed by atoms with van der Waals surface area (Å²) in [5, 5.41) is 0. The van der Waals surface area contributed by atoms with Crippen LogP contribution in [0.5, 0.6) is 0 Å². The lowest BCUT2D eigenvalue weighted by molar-refractivity contribution is 0.663. The quantitative estimate of drug-likeness (QED) is 0.530. The molecule has 0 aromatic carbocycles. The molecule has 0 radical (unpaired) electrons. The van der Waals surface area contributed by atoms with Gasteiger partial charge in [0, 0.05) is 0 Å². The lowest BCUT2D eigenvalue weighted by atomic mass is 10.2. The average Bonchev–Trinajstić information content (AvgIpc) is 2.07. The summed E-state index contributed by atoms with van der Waals surface area (Å²) in [6.45, 7) is 10.9. The molecule has 0 bridgehead atoms. The van der Waals surface area contributed by atoms with Crippen LogP contribution in [-0.4, -0.2) is 0 Å². The normalized spacial score (nSPS) is 11.7. The fraction of sp³-hybridized carbons (Fsp3) is 0.400. The Morgan fingerprint density at radius 1 is 1.36 bits per heavy atom. The molecule has 0 aromatic rings. The van der Waals surface area contributed by atoms with Gasteiger partial charge in [-0.15, -0.1) is 0 Å². The number of hydrogen-bond acceptors (Lipinski definition) is 0. The second-order valence-electron chi connectivity index (χ2n) is 1.77. The van der Waals surface area contributed by atoms with E-state index in [9.17, 15) is 4.39 Å². The first-order valence-corrected chi connectivity index (χ1v) is 3.83. The summed E-state index contributed by atoms with van der Waals surface area (Å²) < 4.78 is 12.3. The van der Waals surface area contributed by atoms with Crippen molar-refractivity contribution in [1.82, 2.24) is 0 Å². The number of allylic oxidation sites excluding steroid dienone is 5. The monoisotopic (exact) mass is 156 g/mol. The summed E-state index contributed by atoms with van der Waals surface area (Å²) in [5.74, 6) is -0.215. The smallest absolute Gasteiger partial charge is 0.119 e. The van der Waals surface area contributed by atoms with E-state index in [0.29, 0.717) is 0 Å². The lowest BCUT2D eigenvalue weighted by Crippen LogP contribution is -1.67. The summed E-state index contributed by atoms with van der Waals surface area (Å²) in [6.07, 6.45) is 4.46. The van der Waals surface area contributed by atoms with Crippen molar-refractivity contribution in [2.45, 2.75) is 27.7 Å². The molecule has 0 aliphatic rings. The first-order chi connectivity index (χ1) is 5.20. The van der Waals surface area contributed by atoms with Crippen LogP contribution in [0.3, 0.4) is 0 Å². The molecule has 0 aliphatic carbocycles. The Balaban J connectivity index is 0. The van der Waals surface area contributed by atoms with E-state index >= 15 is 0 Å². The number of halogens is 1. The van der Waals surface area contributed by atoms with Crippen molar-refractivity contribution in [1.29, 1.82) is 0 Å². The Kier molecular flexibility index (Phi) is 10.6. The lowest BCUT2D eigenvalue weighted by Gasteiger charge is -1.86. The molecule has 1 heteroatoms. The molecule has 0 N–H and O–H groups in total. The summed E-state index contributed by atoms with van der Waals surface area (Å²) in [7, 11) is 0. The molecule has 0 aliphatic heterocycles. The van der Waals surface area contributed by atoms with E-state index in [2.05, 4.69) is 6.58 Å². The molecule has 0 nitrogen and oxygen atoms in total. The standard InChI is InChI=1S/C8H11F.C2H6/c1-4-7(3)6-8(9)5-2;1-2/h4-6H,1H2,2-3H3;1-2H3/b7-6-,8-5+;. The van der Waals surface area contributed by atoms with Gasteiger partial charge in [-0.25, -0.2) is 4.39 Å². The molecule has 0 spiro atoms. The zero-order valence-electron chi connectivity index (χ0n) is 7.82. The van der Waals surface area contributed by atoms with Gasteiger partial charge in [-0.1, -0.05) is 32.6 Å². The van der Waals surface area contributed by atoms with Crippen molar-refractivity contribution < 1.29 is 4.39 Å². The largest absolute Gasteiger partial charge is 0.207 e. The summed E-state index contributed by atoms with van der Waals surface area (Å²) in [6, 6.07) is 0. The van der Waals surface area contributed by atoms with E-state index < -0.39 is 0 Å². The second kappa shape index (κ2) is 9.15. The van der Waals surface area contributed by atoms with Gasteiger partial charge in [-0.2, -0.15) is 0 Å². The van der Waals surface area contributed by atoms with Gasteiger partial charge in [0.25, 0.3) is 0 Å². The minimum absolute atomic E-state index is 0.215.